The number of rotatable bonds is 15. The minimum absolute atomic E-state index is 0.408. The van der Waals surface area contributed by atoms with Crippen molar-refractivity contribution >= 4 is 39.3 Å². The molecular weight excluding hydrogens is 713 g/mol. The maximum absolute atomic E-state index is 13.8. The molecule has 56 heavy (non-hydrogen) atoms. The highest BCUT2D eigenvalue weighted by atomic mass is 16.7. The Hall–Kier alpha value is -6.69. The van der Waals surface area contributed by atoms with Crippen LogP contribution >= 0.6 is 0 Å². The monoisotopic (exact) mass is 758 g/mol. The lowest BCUT2D eigenvalue weighted by Gasteiger charge is -2.25. The first-order valence-electron chi connectivity index (χ1n) is 18.0. The van der Waals surface area contributed by atoms with E-state index in [1.54, 1.807) is 57.9 Å². The number of methoxy groups -OCH3 is 4. The van der Waals surface area contributed by atoms with Gasteiger partial charge in [-0.25, -0.2) is 10.3 Å². The summed E-state index contributed by atoms with van der Waals surface area (Å²) in [5.41, 5.74) is 8.91. The Kier molecular flexibility index (Phi) is 12.0. The number of pyridine rings is 2. The van der Waals surface area contributed by atoms with Crippen LogP contribution in [0.15, 0.2) is 85.7 Å². The molecule has 290 valence electrons. The second-order valence-electron chi connectivity index (χ2n) is 13.2. The van der Waals surface area contributed by atoms with Gasteiger partial charge >= 0.3 is 6.09 Å². The fourth-order valence-electron chi connectivity index (χ4n) is 6.35. The average molecular weight is 759 g/mol. The van der Waals surface area contributed by atoms with Gasteiger partial charge in [-0.2, -0.15) is 0 Å². The molecule has 0 saturated carbocycles. The lowest BCUT2D eigenvalue weighted by Crippen LogP contribution is -2.34. The Morgan fingerprint density at radius 2 is 1.14 bits per heavy atom. The van der Waals surface area contributed by atoms with Crippen LogP contribution in [0, 0.1) is 27.7 Å². The molecule has 2 heterocycles. The molecule has 0 atom stereocenters. The third-order valence-electron chi connectivity index (χ3n) is 9.42. The number of anilines is 2. The molecule has 0 radical (unpaired) electrons. The number of unbranched alkanes of at least 4 members (excludes halogenated alkanes) is 1. The van der Waals surface area contributed by atoms with Gasteiger partial charge in [0, 0.05) is 41.8 Å². The van der Waals surface area contributed by atoms with Crippen LogP contribution in [0.2, 0.25) is 0 Å². The SMILES string of the molecule is C=CCCCN(C(=O)ONc1cc(C)c(Oc2ccnc3cc(OC)c(OC)cc23)cc1C)c1cc(C)c(Oc2ccnc3cc(OC)c(OC)cc23)cc1C. The summed E-state index contributed by atoms with van der Waals surface area (Å²) < 4.78 is 34.8. The van der Waals surface area contributed by atoms with E-state index in [4.69, 9.17) is 33.3 Å². The van der Waals surface area contributed by atoms with Gasteiger partial charge in [0.2, 0.25) is 0 Å². The van der Waals surface area contributed by atoms with E-state index in [1.807, 2.05) is 82.3 Å². The smallest absolute Gasteiger partial charge is 0.438 e. The zero-order valence-electron chi connectivity index (χ0n) is 32.9. The summed E-state index contributed by atoms with van der Waals surface area (Å²) in [6.07, 6.45) is 6.06. The number of nitrogens with zero attached hydrogens (tertiary/aromatic N) is 3. The fourth-order valence-corrected chi connectivity index (χ4v) is 6.35. The number of carbonyl (C=O) groups is 1. The number of nitrogens with one attached hydrogen (secondary N) is 1. The van der Waals surface area contributed by atoms with E-state index >= 15 is 0 Å². The maximum atomic E-state index is 13.8. The van der Waals surface area contributed by atoms with Crippen LogP contribution in [0.5, 0.6) is 46.0 Å². The zero-order valence-corrected chi connectivity index (χ0v) is 32.9. The van der Waals surface area contributed by atoms with Gasteiger partial charge in [-0.3, -0.25) is 14.9 Å². The summed E-state index contributed by atoms with van der Waals surface area (Å²) in [6.45, 7) is 12.0. The van der Waals surface area contributed by atoms with Gasteiger partial charge in [-0.15, -0.1) is 6.58 Å². The highest BCUT2D eigenvalue weighted by Crippen LogP contribution is 2.40. The van der Waals surface area contributed by atoms with Crippen molar-refractivity contribution in [3.8, 4) is 46.0 Å². The molecule has 4 aromatic carbocycles. The lowest BCUT2D eigenvalue weighted by atomic mass is 10.1. The average Bonchev–Trinajstić information content (AvgIpc) is 3.20. The first-order chi connectivity index (χ1) is 27.1. The fraction of sp³-hybridized carbons (Fsp3) is 0.250. The third kappa shape index (κ3) is 8.19. The molecule has 6 rings (SSSR count). The number of aromatic nitrogens is 2. The topological polar surface area (TPSA) is 123 Å². The molecule has 1 amide bonds. The van der Waals surface area contributed by atoms with E-state index in [1.165, 1.54) is 0 Å². The van der Waals surface area contributed by atoms with E-state index in [0.29, 0.717) is 81.4 Å². The van der Waals surface area contributed by atoms with Crippen LogP contribution in [0.4, 0.5) is 16.2 Å². The predicted octanol–water partition coefficient (Wildman–Crippen LogP) is 10.6. The van der Waals surface area contributed by atoms with Crippen LogP contribution in [0.1, 0.15) is 35.1 Å². The molecule has 0 bridgehead atoms. The van der Waals surface area contributed by atoms with Crippen LogP contribution in [-0.4, -0.2) is 51.0 Å². The van der Waals surface area contributed by atoms with Crippen LogP contribution in [0.3, 0.4) is 0 Å². The van der Waals surface area contributed by atoms with E-state index in [9.17, 15) is 4.79 Å². The van der Waals surface area contributed by atoms with Gasteiger partial charge in [0.15, 0.2) is 23.0 Å². The van der Waals surface area contributed by atoms with Crippen molar-refractivity contribution in [2.75, 3.05) is 45.4 Å². The molecule has 0 aliphatic carbocycles. The van der Waals surface area contributed by atoms with Crippen molar-refractivity contribution in [3.05, 3.63) is 108 Å². The Morgan fingerprint density at radius 3 is 1.66 bits per heavy atom. The highest BCUT2D eigenvalue weighted by molar-refractivity contribution is 5.91. The molecule has 0 saturated heterocycles. The van der Waals surface area contributed by atoms with Gasteiger partial charge in [0.1, 0.15) is 23.0 Å². The third-order valence-corrected chi connectivity index (χ3v) is 9.42. The van der Waals surface area contributed by atoms with Crippen molar-refractivity contribution in [1.82, 2.24) is 9.97 Å². The predicted molar refractivity (Wildman–Crippen MR) is 219 cm³/mol. The molecule has 2 aromatic heterocycles. The molecular formula is C44H46N4O8. The summed E-state index contributed by atoms with van der Waals surface area (Å²) in [7, 11) is 6.34. The molecule has 12 nitrogen and oxygen atoms in total. The standard InChI is InChI=1S/C44H46N4O8/c1-10-11-12-17-48(35-19-29(5)39(21-27(35)3)55-37-14-16-46-34-25-43(53-9)41(51-7)23-31(34)37)44(49)56-47-32-18-28(4)38(20-26(32)2)54-36-13-15-45-33-24-42(52-8)40(50-6)22-30(33)36/h10,13-16,18-25,47H,1,11-12,17H2,2-9H3. The van der Waals surface area contributed by atoms with Gasteiger partial charge in [0.05, 0.1) is 50.8 Å². The highest BCUT2D eigenvalue weighted by Gasteiger charge is 2.22. The van der Waals surface area contributed by atoms with Crippen molar-refractivity contribution in [2.45, 2.75) is 40.5 Å². The van der Waals surface area contributed by atoms with E-state index in [0.717, 1.165) is 39.4 Å². The molecule has 0 spiro atoms. The minimum atomic E-state index is -0.559. The number of hydrogen-bond donors (Lipinski definition) is 1. The lowest BCUT2D eigenvalue weighted by molar-refractivity contribution is 0.177. The van der Waals surface area contributed by atoms with Crippen LogP contribution in [-0.2, 0) is 4.84 Å². The zero-order chi connectivity index (χ0) is 39.9. The van der Waals surface area contributed by atoms with Crippen molar-refractivity contribution in [1.29, 1.82) is 0 Å². The molecule has 1 N–H and O–H groups in total. The largest absolute Gasteiger partial charge is 0.493 e. The number of fused-ring (bicyclic) bond motifs is 2. The van der Waals surface area contributed by atoms with Crippen LogP contribution in [0.25, 0.3) is 21.8 Å². The molecule has 0 aliphatic rings. The number of aryl methyl sites for hydroxylation is 4. The van der Waals surface area contributed by atoms with Crippen molar-refractivity contribution in [3.63, 3.8) is 0 Å². The van der Waals surface area contributed by atoms with Crippen molar-refractivity contribution < 1.29 is 38.1 Å². The first-order valence-corrected chi connectivity index (χ1v) is 18.0. The molecule has 6 aromatic rings. The number of carbonyl (C=O) groups excluding carboxylic acids is 1. The number of hydrogen-bond acceptors (Lipinski definition) is 11. The van der Waals surface area contributed by atoms with Crippen molar-refractivity contribution in [2.24, 2.45) is 0 Å². The van der Waals surface area contributed by atoms with Crippen LogP contribution < -0.4 is 38.8 Å². The van der Waals surface area contributed by atoms with Gasteiger partial charge in [-0.05, 0) is 111 Å². The normalized spacial score (nSPS) is 10.9. The summed E-state index contributed by atoms with van der Waals surface area (Å²) in [5.74, 6) is 4.79. The van der Waals surface area contributed by atoms with Gasteiger partial charge < -0.3 is 33.3 Å². The number of allylic oxidation sites excluding steroid dienone is 1. The summed E-state index contributed by atoms with van der Waals surface area (Å²) in [4.78, 5) is 30.2. The number of ether oxygens (including phenoxy) is 6. The molecule has 0 unspecified atom stereocenters. The Labute approximate surface area is 326 Å². The maximum Gasteiger partial charge on any atom is 0.438 e. The van der Waals surface area contributed by atoms with E-state index in [2.05, 4.69) is 22.0 Å². The quantitative estimate of drug-likeness (QED) is 0.0611. The molecule has 0 fully saturated rings. The summed E-state index contributed by atoms with van der Waals surface area (Å²) in [6, 6.07) is 18.5. The molecule has 0 aliphatic heterocycles. The number of amides is 1. The van der Waals surface area contributed by atoms with E-state index in [-0.39, 0.29) is 0 Å². The van der Waals surface area contributed by atoms with Gasteiger partial charge in [-0.1, -0.05) is 6.08 Å². The Bertz CT molecular complexity index is 2410. The molecule has 12 heteroatoms. The van der Waals surface area contributed by atoms with Gasteiger partial charge in [0.25, 0.3) is 0 Å². The Morgan fingerprint density at radius 1 is 0.643 bits per heavy atom. The Balaban J connectivity index is 1.21. The minimum Gasteiger partial charge on any atom is -0.493 e. The first kappa shape index (κ1) is 39.0. The second-order valence-corrected chi connectivity index (χ2v) is 13.2. The summed E-state index contributed by atoms with van der Waals surface area (Å²) in [5, 5.41) is 1.54. The van der Waals surface area contributed by atoms with E-state index < -0.39 is 6.09 Å². The summed E-state index contributed by atoms with van der Waals surface area (Å²) >= 11 is 0. The second kappa shape index (κ2) is 17.2. The number of benzene rings is 4.